The number of sulfone groups is 1. The molecule has 150 valence electrons. The van der Waals surface area contributed by atoms with E-state index in [9.17, 15) is 26.8 Å². The van der Waals surface area contributed by atoms with Gasteiger partial charge in [0.1, 0.15) is 0 Å². The van der Waals surface area contributed by atoms with Crippen molar-refractivity contribution in [2.45, 2.75) is 15.5 Å². The molecule has 0 bridgehead atoms. The van der Waals surface area contributed by atoms with Crippen molar-refractivity contribution in [1.29, 1.82) is 0 Å². The zero-order valence-electron chi connectivity index (χ0n) is 14.3. The number of amides is 1. The Kier molecular flexibility index (Phi) is 7.39. The van der Waals surface area contributed by atoms with E-state index >= 15 is 0 Å². The molecule has 6 nitrogen and oxygen atoms in total. The first-order chi connectivity index (χ1) is 13.1. The number of hydrogen-bond donors (Lipinski definition) is 1. The topological polar surface area (TPSA) is 89.5 Å². The van der Waals surface area contributed by atoms with Gasteiger partial charge in [0.05, 0.1) is 21.2 Å². The molecule has 0 radical (unpaired) electrons. The first kappa shape index (κ1) is 22.1. The number of ether oxygens (including phenoxy) is 1. The molecule has 0 aliphatic heterocycles. The minimum atomic E-state index is -3.66. The first-order valence-electron chi connectivity index (χ1n) is 7.58. The van der Waals surface area contributed by atoms with Crippen LogP contribution in [0, 0.1) is 0 Å². The highest BCUT2D eigenvalue weighted by Gasteiger charge is 2.18. The number of benzene rings is 2. The molecule has 1 amide bonds. The van der Waals surface area contributed by atoms with Gasteiger partial charge in [0.15, 0.2) is 16.4 Å². The molecule has 2 aromatic carbocycles. The summed E-state index contributed by atoms with van der Waals surface area (Å²) in [5, 5.41) is 2.33. The Balaban J connectivity index is 2.03. The van der Waals surface area contributed by atoms with Crippen LogP contribution in [0.25, 0.3) is 0 Å². The quantitative estimate of drug-likeness (QED) is 0.510. The predicted molar refractivity (Wildman–Crippen MR) is 102 cm³/mol. The van der Waals surface area contributed by atoms with Gasteiger partial charge in [-0.1, -0.05) is 35.5 Å². The Labute approximate surface area is 169 Å². The SMILES string of the molecule is CS(=O)(=O)c1cc(C(=O)OCC(=O)Nc2ccccc2SC(F)F)ccc1Cl. The number of rotatable bonds is 7. The molecule has 0 aliphatic carbocycles. The Hall–Kier alpha value is -2.17. The molecule has 11 heteroatoms. The van der Waals surface area contributed by atoms with Gasteiger partial charge in [0.25, 0.3) is 11.7 Å². The smallest absolute Gasteiger partial charge is 0.338 e. The van der Waals surface area contributed by atoms with Crippen molar-refractivity contribution < 1.29 is 31.5 Å². The van der Waals surface area contributed by atoms with E-state index in [0.29, 0.717) is 0 Å². The van der Waals surface area contributed by atoms with Gasteiger partial charge in [-0.15, -0.1) is 0 Å². The maximum Gasteiger partial charge on any atom is 0.338 e. The van der Waals surface area contributed by atoms with Crippen LogP contribution in [0.4, 0.5) is 14.5 Å². The van der Waals surface area contributed by atoms with E-state index in [4.69, 9.17) is 16.3 Å². The second-order valence-corrected chi connectivity index (χ2v) is 8.84. The summed E-state index contributed by atoms with van der Waals surface area (Å²) >= 11 is 6.07. The Morgan fingerprint density at radius 1 is 1.21 bits per heavy atom. The molecule has 0 aliphatic rings. The largest absolute Gasteiger partial charge is 0.452 e. The maximum absolute atomic E-state index is 12.6. The van der Waals surface area contributed by atoms with Crippen LogP contribution < -0.4 is 5.32 Å². The number of carbonyl (C=O) groups excluding carboxylic acids is 2. The Morgan fingerprint density at radius 2 is 1.89 bits per heavy atom. The van der Waals surface area contributed by atoms with Crippen molar-refractivity contribution in [3.8, 4) is 0 Å². The number of carbonyl (C=O) groups is 2. The number of halogens is 3. The Morgan fingerprint density at radius 3 is 2.54 bits per heavy atom. The van der Waals surface area contributed by atoms with E-state index < -0.39 is 34.1 Å². The van der Waals surface area contributed by atoms with E-state index in [1.165, 1.54) is 24.3 Å². The third-order valence-corrected chi connectivity index (χ3v) is 5.64. The minimum Gasteiger partial charge on any atom is -0.452 e. The molecule has 0 aromatic heterocycles. The van der Waals surface area contributed by atoms with Crippen LogP contribution in [-0.2, 0) is 19.4 Å². The van der Waals surface area contributed by atoms with Crippen LogP contribution in [0.15, 0.2) is 52.3 Å². The van der Waals surface area contributed by atoms with E-state index in [1.54, 1.807) is 12.1 Å². The highest BCUT2D eigenvalue weighted by atomic mass is 35.5. The van der Waals surface area contributed by atoms with Crippen LogP contribution in [0.3, 0.4) is 0 Å². The van der Waals surface area contributed by atoms with Crippen molar-refractivity contribution in [3.05, 3.63) is 53.1 Å². The van der Waals surface area contributed by atoms with Crippen LogP contribution >= 0.6 is 23.4 Å². The van der Waals surface area contributed by atoms with Crippen LogP contribution in [0.1, 0.15) is 10.4 Å². The third kappa shape index (κ3) is 6.18. The van der Waals surface area contributed by atoms with Gasteiger partial charge in [0, 0.05) is 11.2 Å². The average Bonchev–Trinajstić information content (AvgIpc) is 2.60. The lowest BCUT2D eigenvalue weighted by molar-refractivity contribution is -0.119. The van der Waals surface area contributed by atoms with E-state index in [1.807, 2.05) is 0 Å². The minimum absolute atomic E-state index is 0.0510. The molecular formula is C17H14ClF2NO5S2. The summed E-state index contributed by atoms with van der Waals surface area (Å²) in [5.74, 6) is -4.34. The summed E-state index contributed by atoms with van der Waals surface area (Å²) in [6, 6.07) is 9.48. The van der Waals surface area contributed by atoms with Crippen molar-refractivity contribution in [3.63, 3.8) is 0 Å². The monoisotopic (exact) mass is 449 g/mol. The molecule has 0 unspecified atom stereocenters. The van der Waals surface area contributed by atoms with E-state index in [2.05, 4.69) is 5.32 Å². The van der Waals surface area contributed by atoms with Gasteiger partial charge in [-0.3, -0.25) is 4.79 Å². The summed E-state index contributed by atoms with van der Waals surface area (Å²) < 4.78 is 53.3. The van der Waals surface area contributed by atoms with E-state index in [0.717, 1.165) is 12.3 Å². The molecule has 2 rings (SSSR count). The molecule has 0 spiro atoms. The molecule has 2 aromatic rings. The van der Waals surface area contributed by atoms with Gasteiger partial charge >= 0.3 is 5.97 Å². The van der Waals surface area contributed by atoms with Gasteiger partial charge < -0.3 is 10.1 Å². The summed E-state index contributed by atoms with van der Waals surface area (Å²) in [7, 11) is -3.66. The molecule has 0 fully saturated rings. The highest BCUT2D eigenvalue weighted by molar-refractivity contribution is 7.99. The van der Waals surface area contributed by atoms with Crippen LogP contribution in [0.2, 0.25) is 5.02 Å². The van der Waals surface area contributed by atoms with Crippen molar-refractivity contribution in [2.75, 3.05) is 18.2 Å². The summed E-state index contributed by atoms with van der Waals surface area (Å²) in [4.78, 5) is 23.9. The number of hydrogen-bond acceptors (Lipinski definition) is 6. The second-order valence-electron chi connectivity index (χ2n) is 5.42. The number of alkyl halides is 2. The predicted octanol–water partition coefficient (Wildman–Crippen LogP) is 3.85. The standard InChI is InChI=1S/C17H14ClF2NO5S2/c1-28(24,25)14-8-10(6-7-11(14)18)16(23)26-9-15(22)21-12-4-2-3-5-13(12)27-17(19)20/h2-8,17H,9H2,1H3,(H,21,22). The summed E-state index contributed by atoms with van der Waals surface area (Å²) in [6.45, 7) is -0.691. The first-order valence-corrected chi connectivity index (χ1v) is 10.7. The van der Waals surface area contributed by atoms with Gasteiger partial charge in [0.2, 0.25) is 0 Å². The fourth-order valence-corrected chi connectivity index (χ4v) is 3.98. The molecule has 0 saturated carbocycles. The third-order valence-electron chi connectivity index (χ3n) is 3.28. The number of nitrogens with one attached hydrogen (secondary N) is 1. The fourth-order valence-electron chi connectivity index (χ4n) is 2.08. The summed E-state index contributed by atoms with van der Waals surface area (Å²) in [6.07, 6.45) is 0.936. The van der Waals surface area contributed by atoms with Gasteiger partial charge in [-0.05, 0) is 30.3 Å². The molecular weight excluding hydrogens is 436 g/mol. The lowest BCUT2D eigenvalue weighted by Crippen LogP contribution is -2.21. The van der Waals surface area contributed by atoms with Crippen molar-refractivity contribution in [2.24, 2.45) is 0 Å². The number of esters is 1. The molecule has 0 atom stereocenters. The van der Waals surface area contributed by atoms with Gasteiger partial charge in [-0.2, -0.15) is 8.78 Å². The van der Waals surface area contributed by atoms with Gasteiger partial charge in [-0.25, -0.2) is 13.2 Å². The van der Waals surface area contributed by atoms with Crippen LogP contribution in [0.5, 0.6) is 0 Å². The normalized spacial score (nSPS) is 11.3. The highest BCUT2D eigenvalue weighted by Crippen LogP contribution is 2.31. The second kappa shape index (κ2) is 9.35. The zero-order chi connectivity index (χ0) is 20.9. The fraction of sp³-hybridized carbons (Fsp3) is 0.176. The molecule has 28 heavy (non-hydrogen) atoms. The Bertz CT molecular complexity index is 999. The van der Waals surface area contributed by atoms with Crippen LogP contribution in [-0.4, -0.2) is 38.9 Å². The molecule has 1 N–H and O–H groups in total. The molecule has 0 saturated heterocycles. The number of anilines is 1. The number of thioether (sulfide) groups is 1. The lowest BCUT2D eigenvalue weighted by atomic mass is 10.2. The zero-order valence-corrected chi connectivity index (χ0v) is 16.7. The maximum atomic E-state index is 12.6. The average molecular weight is 450 g/mol. The lowest BCUT2D eigenvalue weighted by Gasteiger charge is -2.11. The van der Waals surface area contributed by atoms with Crippen molar-refractivity contribution >= 4 is 50.8 Å². The van der Waals surface area contributed by atoms with E-state index in [-0.39, 0.29) is 37.8 Å². The summed E-state index contributed by atoms with van der Waals surface area (Å²) in [5.41, 5.74) is 0.0472. The van der Waals surface area contributed by atoms with Crippen molar-refractivity contribution in [1.82, 2.24) is 0 Å². The molecule has 0 heterocycles. The number of para-hydroxylation sites is 1.